The van der Waals surface area contributed by atoms with Gasteiger partial charge in [-0.05, 0) is 36.2 Å². The fourth-order valence-corrected chi connectivity index (χ4v) is 2.50. The average Bonchev–Trinajstić information content (AvgIpc) is 2.45. The number of β-amino-alcohol motifs (C(OH)–C–C–N with tert-alkyl or cyclic N) is 1. The van der Waals surface area contributed by atoms with Crippen LogP contribution in [0.5, 0.6) is 0 Å². The second kappa shape index (κ2) is 4.83. The first-order valence-corrected chi connectivity index (χ1v) is 6.63. The molecule has 1 fully saturated rings. The molecule has 21 heavy (non-hydrogen) atoms. The highest BCUT2D eigenvalue weighted by Crippen LogP contribution is 2.34. The Balaban J connectivity index is 1.78. The first kappa shape index (κ1) is 13.5. The number of hydrogen-bond donors (Lipinski definition) is 1. The van der Waals surface area contributed by atoms with E-state index >= 15 is 0 Å². The van der Waals surface area contributed by atoms with Crippen LogP contribution in [0.2, 0.25) is 0 Å². The molecule has 0 unspecified atom stereocenters. The molecule has 4 nitrogen and oxygen atoms in total. The molecule has 5 heteroatoms. The van der Waals surface area contributed by atoms with Crippen molar-refractivity contribution >= 4 is 5.82 Å². The van der Waals surface area contributed by atoms with Crippen molar-refractivity contribution in [1.29, 1.82) is 5.26 Å². The van der Waals surface area contributed by atoms with Crippen molar-refractivity contribution in [2.45, 2.75) is 12.5 Å². The molecule has 0 atom stereocenters. The number of anilines is 1. The molecule has 1 aromatic heterocycles. The van der Waals surface area contributed by atoms with E-state index in [0.717, 1.165) is 5.56 Å². The topological polar surface area (TPSA) is 60.1 Å². The smallest absolute Gasteiger partial charge is 0.145 e. The van der Waals surface area contributed by atoms with Crippen LogP contribution in [0.3, 0.4) is 0 Å². The zero-order chi connectivity index (χ0) is 15.0. The number of pyridine rings is 1. The molecule has 2 aromatic rings. The van der Waals surface area contributed by atoms with Crippen LogP contribution in [-0.2, 0) is 5.60 Å². The Hall–Kier alpha value is -2.45. The van der Waals surface area contributed by atoms with Crippen LogP contribution in [0.15, 0.2) is 36.4 Å². The van der Waals surface area contributed by atoms with Gasteiger partial charge in [-0.25, -0.2) is 9.37 Å². The van der Waals surface area contributed by atoms with E-state index in [0.29, 0.717) is 30.2 Å². The molecule has 3 rings (SSSR count). The van der Waals surface area contributed by atoms with Gasteiger partial charge in [0.05, 0.1) is 13.1 Å². The molecule has 1 saturated heterocycles. The highest BCUT2D eigenvalue weighted by Gasteiger charge is 2.43. The molecule has 0 aliphatic carbocycles. The van der Waals surface area contributed by atoms with Gasteiger partial charge in [0.2, 0.25) is 0 Å². The Bertz CT molecular complexity index is 715. The molecule has 0 saturated carbocycles. The number of rotatable bonds is 2. The normalized spacial score (nSPS) is 16.2. The SMILES string of the molecule is Cc1ccc(N2CC(O)(c3ccc(F)cc3)C2)nc1C#N. The lowest BCUT2D eigenvalue weighted by atomic mass is 9.86. The third-order valence-corrected chi connectivity index (χ3v) is 3.80. The molecular weight excluding hydrogens is 269 g/mol. The van der Waals surface area contributed by atoms with E-state index in [-0.39, 0.29) is 5.82 Å². The summed E-state index contributed by atoms with van der Waals surface area (Å²) >= 11 is 0. The summed E-state index contributed by atoms with van der Waals surface area (Å²) in [5.74, 6) is 0.348. The number of nitrogens with zero attached hydrogens (tertiary/aromatic N) is 3. The third kappa shape index (κ3) is 2.34. The van der Waals surface area contributed by atoms with Crippen molar-refractivity contribution in [3.8, 4) is 6.07 Å². The third-order valence-electron chi connectivity index (χ3n) is 3.80. The van der Waals surface area contributed by atoms with Crippen LogP contribution in [0.1, 0.15) is 16.8 Å². The number of halogens is 1. The summed E-state index contributed by atoms with van der Waals surface area (Å²) in [6.45, 7) is 2.58. The molecule has 1 aliphatic rings. The fourth-order valence-electron chi connectivity index (χ4n) is 2.50. The van der Waals surface area contributed by atoms with E-state index < -0.39 is 5.60 Å². The van der Waals surface area contributed by atoms with E-state index in [9.17, 15) is 9.50 Å². The number of nitriles is 1. The van der Waals surface area contributed by atoms with Crippen molar-refractivity contribution in [2.75, 3.05) is 18.0 Å². The molecule has 1 N–H and O–H groups in total. The monoisotopic (exact) mass is 283 g/mol. The Morgan fingerprint density at radius 2 is 1.90 bits per heavy atom. The minimum atomic E-state index is -0.993. The summed E-state index contributed by atoms with van der Waals surface area (Å²) in [5.41, 5.74) is 0.917. The van der Waals surface area contributed by atoms with E-state index in [4.69, 9.17) is 5.26 Å². The standard InChI is InChI=1S/C16H14FN3O/c1-11-2-7-15(19-14(11)8-18)20-9-16(21,10-20)12-3-5-13(17)6-4-12/h2-7,21H,9-10H2,1H3. The van der Waals surface area contributed by atoms with Crippen LogP contribution in [-0.4, -0.2) is 23.2 Å². The second-order valence-corrected chi connectivity index (χ2v) is 5.34. The average molecular weight is 283 g/mol. The second-order valence-electron chi connectivity index (χ2n) is 5.34. The van der Waals surface area contributed by atoms with Crippen molar-refractivity contribution in [2.24, 2.45) is 0 Å². The maximum Gasteiger partial charge on any atom is 0.145 e. The van der Waals surface area contributed by atoms with Gasteiger partial charge < -0.3 is 10.0 Å². The summed E-state index contributed by atoms with van der Waals surface area (Å²) in [4.78, 5) is 6.17. The van der Waals surface area contributed by atoms with E-state index in [1.807, 2.05) is 24.0 Å². The van der Waals surface area contributed by atoms with Crippen LogP contribution < -0.4 is 4.90 Å². The van der Waals surface area contributed by atoms with Gasteiger partial charge in [-0.1, -0.05) is 18.2 Å². The van der Waals surface area contributed by atoms with Gasteiger partial charge in [-0.15, -0.1) is 0 Å². The Kier molecular flexibility index (Phi) is 3.11. The van der Waals surface area contributed by atoms with E-state index in [1.165, 1.54) is 12.1 Å². The first-order chi connectivity index (χ1) is 10.0. The lowest BCUT2D eigenvalue weighted by Crippen LogP contribution is -2.59. The predicted molar refractivity (Wildman–Crippen MR) is 76.2 cm³/mol. The zero-order valence-electron chi connectivity index (χ0n) is 11.5. The zero-order valence-corrected chi connectivity index (χ0v) is 11.5. The quantitative estimate of drug-likeness (QED) is 0.917. The van der Waals surface area contributed by atoms with Crippen LogP contribution in [0.4, 0.5) is 10.2 Å². The van der Waals surface area contributed by atoms with Crippen LogP contribution in [0, 0.1) is 24.1 Å². The van der Waals surface area contributed by atoms with Gasteiger partial charge >= 0.3 is 0 Å². The Labute approximate surface area is 122 Å². The molecule has 1 aliphatic heterocycles. The molecule has 0 radical (unpaired) electrons. The summed E-state index contributed by atoms with van der Waals surface area (Å²) in [5, 5.41) is 19.5. The number of benzene rings is 1. The van der Waals surface area contributed by atoms with Crippen molar-refractivity contribution in [3.63, 3.8) is 0 Å². The fraction of sp³-hybridized carbons (Fsp3) is 0.250. The summed E-state index contributed by atoms with van der Waals surface area (Å²) in [6.07, 6.45) is 0. The van der Waals surface area contributed by atoms with Crippen molar-refractivity contribution in [1.82, 2.24) is 4.98 Å². The molecule has 106 valence electrons. The highest BCUT2D eigenvalue weighted by atomic mass is 19.1. The molecule has 1 aromatic carbocycles. The summed E-state index contributed by atoms with van der Waals surface area (Å²) in [7, 11) is 0. The van der Waals surface area contributed by atoms with E-state index in [1.54, 1.807) is 12.1 Å². The molecule has 2 heterocycles. The predicted octanol–water partition coefficient (Wildman–Crippen LogP) is 2.11. The number of aryl methyl sites for hydroxylation is 1. The molecule has 0 spiro atoms. The van der Waals surface area contributed by atoms with Crippen LogP contribution in [0.25, 0.3) is 0 Å². The van der Waals surface area contributed by atoms with Gasteiger partial charge in [-0.3, -0.25) is 0 Å². The minimum absolute atomic E-state index is 0.322. The van der Waals surface area contributed by atoms with Crippen molar-refractivity contribution in [3.05, 3.63) is 59.0 Å². The van der Waals surface area contributed by atoms with Gasteiger partial charge in [-0.2, -0.15) is 5.26 Å². The Morgan fingerprint density at radius 1 is 1.24 bits per heavy atom. The first-order valence-electron chi connectivity index (χ1n) is 6.63. The van der Waals surface area contributed by atoms with Crippen LogP contribution >= 0.6 is 0 Å². The lowest BCUT2D eigenvalue weighted by Gasteiger charge is -2.47. The maximum absolute atomic E-state index is 12.9. The molecule has 0 amide bonds. The Morgan fingerprint density at radius 3 is 2.52 bits per heavy atom. The minimum Gasteiger partial charge on any atom is -0.381 e. The number of aromatic nitrogens is 1. The summed E-state index contributed by atoms with van der Waals surface area (Å²) in [6, 6.07) is 11.6. The van der Waals surface area contributed by atoms with Crippen molar-refractivity contribution < 1.29 is 9.50 Å². The largest absolute Gasteiger partial charge is 0.381 e. The maximum atomic E-state index is 12.9. The van der Waals surface area contributed by atoms with Gasteiger partial charge in [0.15, 0.2) is 0 Å². The molecule has 0 bridgehead atoms. The lowest BCUT2D eigenvalue weighted by molar-refractivity contribution is 0.00700. The summed E-state index contributed by atoms with van der Waals surface area (Å²) < 4.78 is 12.9. The van der Waals surface area contributed by atoms with Gasteiger partial charge in [0, 0.05) is 0 Å². The highest BCUT2D eigenvalue weighted by molar-refractivity contribution is 5.50. The molecular formula is C16H14FN3O. The van der Waals surface area contributed by atoms with Gasteiger partial charge in [0.25, 0.3) is 0 Å². The number of hydrogen-bond acceptors (Lipinski definition) is 4. The van der Waals surface area contributed by atoms with Gasteiger partial charge in [0.1, 0.15) is 29.0 Å². The number of aliphatic hydroxyl groups is 1. The van der Waals surface area contributed by atoms with E-state index in [2.05, 4.69) is 11.1 Å².